The lowest BCUT2D eigenvalue weighted by molar-refractivity contribution is 0.895. The van der Waals surface area contributed by atoms with Crippen LogP contribution in [0.15, 0.2) is 35.8 Å². The Morgan fingerprint density at radius 1 is 1.50 bits per heavy atom. The Hall–Kier alpha value is -0.470. The van der Waals surface area contributed by atoms with E-state index in [1.54, 1.807) is 12.2 Å². The summed E-state index contributed by atoms with van der Waals surface area (Å²) < 4.78 is 0. The van der Waals surface area contributed by atoms with E-state index in [0.29, 0.717) is 0 Å². The van der Waals surface area contributed by atoms with Gasteiger partial charge in [0.1, 0.15) is 0 Å². The third-order valence-electron chi connectivity index (χ3n) is 1.14. The predicted octanol–water partition coefficient (Wildman–Crippen LogP) is 1.76. The van der Waals surface area contributed by atoms with Gasteiger partial charge in [-0.3, -0.25) is 0 Å². The Labute approximate surface area is 67.9 Å². The van der Waals surface area contributed by atoms with Crippen molar-refractivity contribution in [3.8, 4) is 0 Å². The molecular formula is C8H13NS. The monoisotopic (exact) mass is 155 g/mol. The lowest BCUT2D eigenvalue weighted by Crippen LogP contribution is -2.09. The van der Waals surface area contributed by atoms with E-state index < -0.39 is 0 Å². The molecule has 0 bridgehead atoms. The molecule has 0 aliphatic heterocycles. The minimum atomic E-state index is 0.786. The minimum Gasteiger partial charge on any atom is -0.316 e. The van der Waals surface area contributed by atoms with Gasteiger partial charge >= 0.3 is 0 Å². The second kappa shape index (κ2) is 5.33. The summed E-state index contributed by atoms with van der Waals surface area (Å²) >= 11 is 4.19. The maximum Gasteiger partial charge on any atom is 0.0213 e. The number of nitrogens with one attached hydrogen (secondary N) is 1. The van der Waals surface area contributed by atoms with E-state index in [0.717, 1.165) is 17.0 Å². The molecule has 0 saturated carbocycles. The molecule has 0 aromatic rings. The molecular weight excluding hydrogens is 142 g/mol. The van der Waals surface area contributed by atoms with Gasteiger partial charge in [-0.05, 0) is 12.6 Å². The SMILES string of the molecule is C=C/C(S)=C(\C=C)CNC. The first-order valence-corrected chi connectivity index (χ1v) is 3.52. The topological polar surface area (TPSA) is 12.0 Å². The van der Waals surface area contributed by atoms with Crippen LogP contribution in [0.25, 0.3) is 0 Å². The maximum atomic E-state index is 4.19. The predicted molar refractivity (Wildman–Crippen MR) is 50.3 cm³/mol. The number of hydrogen-bond donors (Lipinski definition) is 2. The van der Waals surface area contributed by atoms with Crippen molar-refractivity contribution in [3.05, 3.63) is 35.8 Å². The highest BCUT2D eigenvalue weighted by atomic mass is 32.1. The fourth-order valence-corrected chi connectivity index (χ4v) is 0.759. The van der Waals surface area contributed by atoms with Crippen LogP contribution in [-0.4, -0.2) is 13.6 Å². The Morgan fingerprint density at radius 3 is 2.40 bits per heavy atom. The van der Waals surface area contributed by atoms with Gasteiger partial charge < -0.3 is 5.32 Å². The molecule has 0 unspecified atom stereocenters. The minimum absolute atomic E-state index is 0.786. The summed E-state index contributed by atoms with van der Waals surface area (Å²) in [5.74, 6) is 0. The van der Waals surface area contributed by atoms with Crippen LogP contribution in [0, 0.1) is 0 Å². The van der Waals surface area contributed by atoms with Crippen molar-refractivity contribution < 1.29 is 0 Å². The Kier molecular flexibility index (Phi) is 5.08. The van der Waals surface area contributed by atoms with Crippen molar-refractivity contribution in [1.29, 1.82) is 0 Å². The smallest absolute Gasteiger partial charge is 0.0213 e. The van der Waals surface area contributed by atoms with Crippen molar-refractivity contribution in [2.75, 3.05) is 13.6 Å². The van der Waals surface area contributed by atoms with E-state index in [4.69, 9.17) is 0 Å². The van der Waals surface area contributed by atoms with Gasteiger partial charge in [-0.15, -0.1) is 12.6 Å². The molecule has 0 heterocycles. The molecule has 0 rings (SSSR count). The lowest BCUT2D eigenvalue weighted by atomic mass is 10.2. The van der Waals surface area contributed by atoms with Crippen LogP contribution in [0.3, 0.4) is 0 Å². The molecule has 0 spiro atoms. The van der Waals surface area contributed by atoms with Crippen LogP contribution in [0.5, 0.6) is 0 Å². The van der Waals surface area contributed by atoms with Gasteiger partial charge in [0.05, 0.1) is 0 Å². The van der Waals surface area contributed by atoms with E-state index >= 15 is 0 Å². The van der Waals surface area contributed by atoms with Crippen molar-refractivity contribution in [2.45, 2.75) is 0 Å². The number of hydrogen-bond acceptors (Lipinski definition) is 2. The molecule has 0 atom stereocenters. The lowest BCUT2D eigenvalue weighted by Gasteiger charge is -2.01. The van der Waals surface area contributed by atoms with E-state index in [-0.39, 0.29) is 0 Å². The van der Waals surface area contributed by atoms with E-state index in [9.17, 15) is 0 Å². The molecule has 1 nitrogen and oxygen atoms in total. The Balaban J connectivity index is 4.28. The number of rotatable bonds is 4. The molecule has 2 heteroatoms. The first-order chi connectivity index (χ1) is 4.76. The van der Waals surface area contributed by atoms with Gasteiger partial charge in [-0.25, -0.2) is 0 Å². The largest absolute Gasteiger partial charge is 0.316 e. The third-order valence-corrected chi connectivity index (χ3v) is 1.61. The quantitative estimate of drug-likeness (QED) is 0.465. The molecule has 0 saturated heterocycles. The van der Waals surface area contributed by atoms with Gasteiger partial charge in [-0.2, -0.15) is 0 Å². The Morgan fingerprint density at radius 2 is 2.10 bits per heavy atom. The van der Waals surface area contributed by atoms with E-state index in [1.807, 2.05) is 7.05 Å². The van der Waals surface area contributed by atoms with Crippen molar-refractivity contribution in [2.24, 2.45) is 0 Å². The van der Waals surface area contributed by atoms with E-state index in [1.165, 1.54) is 0 Å². The highest BCUT2D eigenvalue weighted by Gasteiger charge is 1.92. The molecule has 0 radical (unpaired) electrons. The summed E-state index contributed by atoms with van der Waals surface area (Å²) in [6, 6.07) is 0. The number of likely N-dealkylation sites (N-methyl/N-ethyl adjacent to an activating group) is 1. The van der Waals surface area contributed by atoms with Gasteiger partial charge in [0.25, 0.3) is 0 Å². The molecule has 0 aliphatic rings. The zero-order valence-electron chi connectivity index (χ0n) is 6.22. The zero-order chi connectivity index (χ0) is 7.98. The summed E-state index contributed by atoms with van der Waals surface area (Å²) in [5.41, 5.74) is 1.07. The molecule has 0 aromatic heterocycles. The van der Waals surface area contributed by atoms with Gasteiger partial charge in [0.2, 0.25) is 0 Å². The van der Waals surface area contributed by atoms with Gasteiger partial charge in [0, 0.05) is 11.4 Å². The molecule has 10 heavy (non-hydrogen) atoms. The molecule has 0 fully saturated rings. The van der Waals surface area contributed by atoms with Crippen molar-refractivity contribution in [1.82, 2.24) is 5.32 Å². The van der Waals surface area contributed by atoms with Crippen molar-refractivity contribution >= 4 is 12.6 Å². The first-order valence-electron chi connectivity index (χ1n) is 3.07. The third kappa shape index (κ3) is 2.90. The van der Waals surface area contributed by atoms with Crippen LogP contribution in [-0.2, 0) is 0 Å². The molecule has 0 amide bonds. The fourth-order valence-electron chi connectivity index (χ4n) is 0.589. The molecule has 0 aromatic carbocycles. The molecule has 1 N–H and O–H groups in total. The van der Waals surface area contributed by atoms with Gasteiger partial charge in [-0.1, -0.05) is 25.3 Å². The van der Waals surface area contributed by atoms with Crippen LogP contribution in [0.4, 0.5) is 0 Å². The summed E-state index contributed by atoms with van der Waals surface area (Å²) in [4.78, 5) is 0.879. The normalized spacial score (nSPS) is 12.2. The maximum absolute atomic E-state index is 4.19. The molecule has 0 aliphatic carbocycles. The molecule has 56 valence electrons. The number of allylic oxidation sites excluding steroid dienone is 1. The zero-order valence-corrected chi connectivity index (χ0v) is 7.12. The average molecular weight is 155 g/mol. The highest BCUT2D eigenvalue weighted by molar-refractivity contribution is 7.84. The summed E-state index contributed by atoms with van der Waals surface area (Å²) in [6.45, 7) is 8.04. The van der Waals surface area contributed by atoms with E-state index in [2.05, 4.69) is 31.1 Å². The highest BCUT2D eigenvalue weighted by Crippen LogP contribution is 2.09. The Bertz CT molecular complexity index is 159. The van der Waals surface area contributed by atoms with Crippen molar-refractivity contribution in [3.63, 3.8) is 0 Å². The summed E-state index contributed by atoms with van der Waals surface area (Å²) in [6.07, 6.45) is 3.48. The first kappa shape index (κ1) is 9.53. The summed E-state index contributed by atoms with van der Waals surface area (Å²) in [5, 5.41) is 3.01. The standard InChI is InChI=1S/C8H13NS/c1-4-7(6-9-3)8(10)5-2/h4-5,9-10H,1-2,6H2,3H3/b8-7-. The average Bonchev–Trinajstić information content (AvgIpc) is 1.99. The fraction of sp³-hybridized carbons (Fsp3) is 0.250. The van der Waals surface area contributed by atoms with Crippen LogP contribution >= 0.6 is 12.6 Å². The van der Waals surface area contributed by atoms with Crippen LogP contribution in [0.2, 0.25) is 0 Å². The van der Waals surface area contributed by atoms with Crippen LogP contribution < -0.4 is 5.32 Å². The van der Waals surface area contributed by atoms with Gasteiger partial charge in [0.15, 0.2) is 0 Å². The van der Waals surface area contributed by atoms with Crippen LogP contribution in [0.1, 0.15) is 0 Å². The second-order valence-electron chi connectivity index (χ2n) is 1.85. The summed E-state index contributed by atoms with van der Waals surface area (Å²) in [7, 11) is 1.88. The second-order valence-corrected chi connectivity index (χ2v) is 2.33. The number of thiol groups is 1.